The first-order valence-corrected chi connectivity index (χ1v) is 11.8. The Hall–Kier alpha value is -2.51. The molecule has 0 saturated carbocycles. The van der Waals surface area contributed by atoms with E-state index < -0.39 is 0 Å². The highest BCUT2D eigenvalue weighted by molar-refractivity contribution is 9.10. The van der Waals surface area contributed by atoms with Gasteiger partial charge in [0.1, 0.15) is 0 Å². The molecule has 1 N–H and O–H groups in total. The van der Waals surface area contributed by atoms with Crippen LogP contribution in [0.25, 0.3) is 11.4 Å². The minimum atomic E-state index is 0.0183. The fourth-order valence-electron chi connectivity index (χ4n) is 3.91. The van der Waals surface area contributed by atoms with Crippen LogP contribution in [-0.2, 0) is 16.8 Å². The van der Waals surface area contributed by atoms with Gasteiger partial charge in [0, 0.05) is 21.6 Å². The molecule has 2 heterocycles. The summed E-state index contributed by atoms with van der Waals surface area (Å²) in [4.78, 5) is 19.5. The average Bonchev–Trinajstić information content (AvgIpc) is 3.22. The van der Waals surface area contributed by atoms with Gasteiger partial charge in [-0.15, -0.1) is 0 Å². The van der Waals surface area contributed by atoms with Crippen molar-refractivity contribution >= 4 is 27.5 Å². The summed E-state index contributed by atoms with van der Waals surface area (Å²) in [7, 11) is 0. The Morgan fingerprint density at radius 2 is 1.88 bits per heavy atom. The maximum absolute atomic E-state index is 12.6. The van der Waals surface area contributed by atoms with E-state index in [0.717, 1.165) is 41.7 Å². The first-order chi connectivity index (χ1) is 15.3. The molecule has 2 aromatic carbocycles. The van der Waals surface area contributed by atoms with E-state index in [1.54, 1.807) is 0 Å². The highest BCUT2D eigenvalue weighted by Gasteiger charge is 2.26. The summed E-state index contributed by atoms with van der Waals surface area (Å²) in [5.41, 5.74) is 3.16. The van der Waals surface area contributed by atoms with Gasteiger partial charge >= 0.3 is 0 Å². The fourth-order valence-corrected chi connectivity index (χ4v) is 4.31. The Bertz CT molecular complexity index is 1060. The number of carbonyl (C=O) groups is 1. The van der Waals surface area contributed by atoms with Crippen molar-refractivity contribution in [1.82, 2.24) is 15.0 Å². The Morgan fingerprint density at radius 1 is 1.16 bits per heavy atom. The van der Waals surface area contributed by atoms with Crippen LogP contribution in [-0.4, -0.2) is 34.0 Å². The lowest BCUT2D eigenvalue weighted by Gasteiger charge is -2.30. The molecule has 1 fully saturated rings. The third kappa shape index (κ3) is 5.64. The minimum absolute atomic E-state index is 0.0183. The Balaban J connectivity index is 1.29. The number of nitrogens with one attached hydrogen (secondary N) is 1. The first kappa shape index (κ1) is 22.7. The molecule has 1 amide bonds. The predicted molar refractivity (Wildman–Crippen MR) is 129 cm³/mol. The van der Waals surface area contributed by atoms with E-state index >= 15 is 0 Å². The summed E-state index contributed by atoms with van der Waals surface area (Å²) in [6.07, 6.45) is 1.63. The van der Waals surface area contributed by atoms with Crippen LogP contribution in [0.5, 0.6) is 0 Å². The number of aromatic nitrogens is 2. The maximum atomic E-state index is 12.6. The molecule has 1 aliphatic rings. The number of anilines is 1. The number of likely N-dealkylation sites (tertiary alicyclic amines) is 1. The molecule has 1 aromatic heterocycles. The topological polar surface area (TPSA) is 71.3 Å². The Morgan fingerprint density at radius 3 is 2.53 bits per heavy atom. The van der Waals surface area contributed by atoms with Crippen LogP contribution in [0.15, 0.2) is 57.5 Å². The highest BCUT2D eigenvalue weighted by Crippen LogP contribution is 2.26. The van der Waals surface area contributed by atoms with Crippen molar-refractivity contribution in [1.29, 1.82) is 0 Å². The normalized spacial score (nSPS) is 15.6. The van der Waals surface area contributed by atoms with Crippen LogP contribution < -0.4 is 5.32 Å². The molecule has 0 aliphatic carbocycles. The van der Waals surface area contributed by atoms with Crippen molar-refractivity contribution in [3.05, 3.63) is 64.5 Å². The van der Waals surface area contributed by atoms with Gasteiger partial charge in [0.05, 0.1) is 6.54 Å². The molecule has 0 atom stereocenters. The van der Waals surface area contributed by atoms with Gasteiger partial charge in [-0.25, -0.2) is 0 Å². The molecule has 3 aromatic rings. The second kappa shape index (κ2) is 9.55. The number of rotatable bonds is 5. The van der Waals surface area contributed by atoms with Gasteiger partial charge in [-0.3, -0.25) is 9.69 Å². The monoisotopic (exact) mass is 496 g/mol. The maximum Gasteiger partial charge on any atom is 0.241 e. The minimum Gasteiger partial charge on any atom is -0.338 e. The standard InChI is InChI=1S/C25H29BrN4O2/c1-25(2,3)19-9-7-17(8-10-19)23-28-22(32-29-23)16-30-13-11-18(12-14-30)24(31)27-21-6-4-5-20(26)15-21/h4-10,15,18H,11-14,16H2,1-3H3,(H,27,31). The molecule has 4 rings (SSSR count). The van der Waals surface area contributed by atoms with E-state index in [0.29, 0.717) is 18.3 Å². The largest absolute Gasteiger partial charge is 0.338 e. The van der Waals surface area contributed by atoms with Crippen LogP contribution in [0.1, 0.15) is 45.1 Å². The second-order valence-corrected chi connectivity index (χ2v) is 10.3. The average molecular weight is 497 g/mol. The third-order valence-electron chi connectivity index (χ3n) is 5.89. The molecular formula is C25H29BrN4O2. The molecule has 0 bridgehead atoms. The van der Waals surface area contributed by atoms with Crippen molar-refractivity contribution in [2.24, 2.45) is 5.92 Å². The lowest BCUT2D eigenvalue weighted by Crippen LogP contribution is -2.37. The van der Waals surface area contributed by atoms with Gasteiger partial charge in [0.25, 0.3) is 0 Å². The zero-order valence-corrected chi connectivity index (χ0v) is 20.4. The number of nitrogens with zero attached hydrogens (tertiary/aromatic N) is 3. The van der Waals surface area contributed by atoms with E-state index in [9.17, 15) is 4.79 Å². The van der Waals surface area contributed by atoms with E-state index in [2.05, 4.69) is 69.2 Å². The number of hydrogen-bond acceptors (Lipinski definition) is 5. The molecule has 1 aliphatic heterocycles. The van der Waals surface area contributed by atoms with Crippen molar-refractivity contribution in [2.45, 2.75) is 45.6 Å². The lowest BCUT2D eigenvalue weighted by molar-refractivity contribution is -0.121. The summed E-state index contributed by atoms with van der Waals surface area (Å²) < 4.78 is 6.45. The summed E-state index contributed by atoms with van der Waals surface area (Å²) >= 11 is 3.44. The molecule has 0 radical (unpaired) electrons. The van der Waals surface area contributed by atoms with Gasteiger partial charge in [0.2, 0.25) is 17.6 Å². The highest BCUT2D eigenvalue weighted by atomic mass is 79.9. The number of carbonyl (C=O) groups excluding carboxylic acids is 1. The first-order valence-electron chi connectivity index (χ1n) is 11.0. The van der Waals surface area contributed by atoms with Gasteiger partial charge < -0.3 is 9.84 Å². The van der Waals surface area contributed by atoms with E-state index in [-0.39, 0.29) is 17.2 Å². The van der Waals surface area contributed by atoms with E-state index in [4.69, 9.17) is 4.52 Å². The molecule has 6 nitrogen and oxygen atoms in total. The summed E-state index contributed by atoms with van der Waals surface area (Å²) in [6.45, 7) is 8.85. The smallest absolute Gasteiger partial charge is 0.241 e. The van der Waals surface area contributed by atoms with Gasteiger partial charge in [-0.2, -0.15) is 4.98 Å². The van der Waals surface area contributed by atoms with Crippen LogP contribution in [0.2, 0.25) is 0 Å². The molecule has 168 valence electrons. The zero-order valence-electron chi connectivity index (χ0n) is 18.8. The molecule has 1 saturated heterocycles. The second-order valence-electron chi connectivity index (χ2n) is 9.39. The zero-order chi connectivity index (χ0) is 22.7. The van der Waals surface area contributed by atoms with Crippen molar-refractivity contribution in [3.63, 3.8) is 0 Å². The van der Waals surface area contributed by atoms with Crippen LogP contribution in [0.3, 0.4) is 0 Å². The SMILES string of the molecule is CC(C)(C)c1ccc(-c2noc(CN3CCC(C(=O)Nc4cccc(Br)c4)CC3)n2)cc1. The third-order valence-corrected chi connectivity index (χ3v) is 6.38. The van der Waals surface area contributed by atoms with E-state index in [1.165, 1.54) is 5.56 Å². The lowest BCUT2D eigenvalue weighted by atomic mass is 9.87. The molecule has 0 unspecified atom stereocenters. The van der Waals surface area contributed by atoms with Gasteiger partial charge in [-0.1, -0.05) is 72.2 Å². The summed E-state index contributed by atoms with van der Waals surface area (Å²) in [5.74, 6) is 1.33. The molecule has 32 heavy (non-hydrogen) atoms. The number of halogens is 1. The predicted octanol–water partition coefficient (Wildman–Crippen LogP) is 5.65. The van der Waals surface area contributed by atoms with Gasteiger partial charge in [-0.05, 0) is 55.1 Å². The van der Waals surface area contributed by atoms with Crippen LogP contribution >= 0.6 is 15.9 Å². The van der Waals surface area contributed by atoms with Gasteiger partial charge in [0.15, 0.2) is 0 Å². The van der Waals surface area contributed by atoms with Crippen molar-refractivity contribution in [3.8, 4) is 11.4 Å². The summed E-state index contributed by atoms with van der Waals surface area (Å²) in [5, 5.41) is 7.18. The van der Waals surface area contributed by atoms with Crippen LogP contribution in [0, 0.1) is 5.92 Å². The van der Waals surface area contributed by atoms with E-state index in [1.807, 2.05) is 36.4 Å². The molecular weight excluding hydrogens is 468 g/mol. The van der Waals surface area contributed by atoms with Crippen molar-refractivity contribution < 1.29 is 9.32 Å². The van der Waals surface area contributed by atoms with Crippen LogP contribution in [0.4, 0.5) is 5.69 Å². The fraction of sp³-hybridized carbons (Fsp3) is 0.400. The quantitative estimate of drug-likeness (QED) is 0.494. The van der Waals surface area contributed by atoms with Crippen molar-refractivity contribution in [2.75, 3.05) is 18.4 Å². The molecule has 7 heteroatoms. The summed E-state index contributed by atoms with van der Waals surface area (Å²) in [6, 6.07) is 16.0. The molecule has 0 spiro atoms. The number of hydrogen-bond donors (Lipinski definition) is 1. The Kier molecular flexibility index (Phi) is 6.76. The Labute approximate surface area is 197 Å². The number of benzene rings is 2. The number of amides is 1. The number of piperidine rings is 1.